The minimum atomic E-state index is 0.0764. The standard InChI is InChI=1S/C20H27N5OS/c1-19(2)11-14(12-20(3,4)24-19)25(6)18-23-22-17(27-18)15-9-8-13(21-5)10-16(15)26-7/h8-10,14,24H,11-12H2,1-4,6-7H3. The SMILES string of the molecule is [C-]#[N+]c1ccc(-c2nnc(N(C)C3CC(C)(C)NC(C)(C)C3)s2)c(OC)c1. The molecule has 1 fully saturated rings. The minimum absolute atomic E-state index is 0.0764. The molecule has 0 atom stereocenters. The predicted molar refractivity (Wildman–Crippen MR) is 111 cm³/mol. The number of methoxy groups -OCH3 is 1. The van der Waals surface area contributed by atoms with E-state index in [9.17, 15) is 0 Å². The quantitative estimate of drug-likeness (QED) is 0.785. The summed E-state index contributed by atoms with van der Waals surface area (Å²) in [6, 6.07) is 5.80. The van der Waals surface area contributed by atoms with Crippen molar-refractivity contribution in [3.63, 3.8) is 0 Å². The Kier molecular flexibility index (Phi) is 5.15. The fraction of sp³-hybridized carbons (Fsp3) is 0.550. The van der Waals surface area contributed by atoms with E-state index in [4.69, 9.17) is 11.3 Å². The van der Waals surface area contributed by atoms with Gasteiger partial charge in [-0.25, -0.2) is 4.85 Å². The molecule has 1 saturated heterocycles. The van der Waals surface area contributed by atoms with Crippen molar-refractivity contribution in [2.45, 2.75) is 57.7 Å². The number of benzene rings is 1. The van der Waals surface area contributed by atoms with Crippen LogP contribution in [0.4, 0.5) is 10.8 Å². The Hall–Kier alpha value is -2.17. The van der Waals surface area contributed by atoms with Crippen LogP contribution in [0.25, 0.3) is 15.4 Å². The normalized spacial score (nSPS) is 18.7. The average Bonchev–Trinajstić information content (AvgIpc) is 3.07. The van der Waals surface area contributed by atoms with Crippen LogP contribution in [0.1, 0.15) is 40.5 Å². The maximum atomic E-state index is 7.16. The number of nitrogens with zero attached hydrogens (tertiary/aromatic N) is 4. The topological polar surface area (TPSA) is 54.6 Å². The highest BCUT2D eigenvalue weighted by Crippen LogP contribution is 2.39. The molecule has 27 heavy (non-hydrogen) atoms. The van der Waals surface area contributed by atoms with Gasteiger partial charge in [-0.3, -0.25) is 0 Å². The summed E-state index contributed by atoms with van der Waals surface area (Å²) in [6.45, 7) is 16.2. The third-order valence-corrected chi connectivity index (χ3v) is 6.02. The van der Waals surface area contributed by atoms with E-state index < -0.39 is 0 Å². The highest BCUT2D eigenvalue weighted by Gasteiger charge is 2.39. The highest BCUT2D eigenvalue weighted by molar-refractivity contribution is 7.18. The van der Waals surface area contributed by atoms with Gasteiger partial charge in [-0.2, -0.15) is 0 Å². The third kappa shape index (κ3) is 4.23. The molecule has 1 aliphatic heterocycles. The lowest BCUT2D eigenvalue weighted by atomic mass is 9.79. The number of ether oxygens (including phenoxy) is 1. The van der Waals surface area contributed by atoms with E-state index in [1.807, 2.05) is 6.07 Å². The molecule has 0 bridgehead atoms. The summed E-state index contributed by atoms with van der Waals surface area (Å²) in [5.41, 5.74) is 1.57. The van der Waals surface area contributed by atoms with Crippen LogP contribution in [0.5, 0.6) is 5.75 Å². The van der Waals surface area contributed by atoms with Gasteiger partial charge in [0.1, 0.15) is 5.75 Å². The van der Waals surface area contributed by atoms with Gasteiger partial charge >= 0.3 is 0 Å². The van der Waals surface area contributed by atoms with Crippen molar-refractivity contribution in [3.8, 4) is 16.3 Å². The van der Waals surface area contributed by atoms with Crippen molar-refractivity contribution in [2.75, 3.05) is 19.1 Å². The van der Waals surface area contributed by atoms with Gasteiger partial charge in [0.15, 0.2) is 10.7 Å². The summed E-state index contributed by atoms with van der Waals surface area (Å²) in [4.78, 5) is 5.71. The smallest absolute Gasteiger partial charge is 0.208 e. The summed E-state index contributed by atoms with van der Waals surface area (Å²) in [6.07, 6.45) is 2.09. The molecule has 2 aromatic rings. The number of piperidine rings is 1. The molecule has 3 rings (SSSR count). The highest BCUT2D eigenvalue weighted by atomic mass is 32.1. The van der Waals surface area contributed by atoms with E-state index in [0.717, 1.165) is 28.5 Å². The first-order valence-electron chi connectivity index (χ1n) is 9.06. The molecular weight excluding hydrogens is 358 g/mol. The van der Waals surface area contributed by atoms with Gasteiger partial charge < -0.3 is 15.0 Å². The van der Waals surface area contributed by atoms with E-state index >= 15 is 0 Å². The average molecular weight is 386 g/mol. The zero-order valence-electron chi connectivity index (χ0n) is 16.8. The second-order valence-electron chi connectivity index (χ2n) is 8.45. The fourth-order valence-electron chi connectivity index (χ4n) is 4.09. The van der Waals surface area contributed by atoms with E-state index in [-0.39, 0.29) is 11.1 Å². The third-order valence-electron chi connectivity index (χ3n) is 4.98. The van der Waals surface area contributed by atoms with E-state index in [1.54, 1.807) is 30.6 Å². The molecule has 0 unspecified atom stereocenters. The largest absolute Gasteiger partial charge is 0.497 e. The summed E-state index contributed by atoms with van der Waals surface area (Å²) in [5, 5.41) is 14.3. The van der Waals surface area contributed by atoms with E-state index in [1.165, 1.54) is 0 Å². The number of aromatic nitrogens is 2. The number of rotatable bonds is 4. The first-order valence-corrected chi connectivity index (χ1v) is 9.87. The van der Waals surface area contributed by atoms with E-state index in [2.05, 4.69) is 60.0 Å². The Morgan fingerprint density at radius 2 is 1.89 bits per heavy atom. The molecule has 6 nitrogen and oxygen atoms in total. The molecule has 0 aliphatic carbocycles. The van der Waals surface area contributed by atoms with Gasteiger partial charge in [0, 0.05) is 24.2 Å². The Morgan fingerprint density at radius 3 is 2.48 bits per heavy atom. The molecule has 0 spiro atoms. The lowest BCUT2D eigenvalue weighted by Crippen LogP contribution is -2.61. The van der Waals surface area contributed by atoms with Gasteiger partial charge in [0.2, 0.25) is 5.13 Å². The number of hydrogen-bond acceptors (Lipinski definition) is 6. The maximum Gasteiger partial charge on any atom is 0.208 e. The van der Waals surface area contributed by atoms with Crippen molar-refractivity contribution in [2.24, 2.45) is 0 Å². The zero-order chi connectivity index (χ0) is 19.8. The number of nitrogens with one attached hydrogen (secondary N) is 1. The van der Waals surface area contributed by atoms with Crippen molar-refractivity contribution in [1.29, 1.82) is 0 Å². The molecule has 144 valence electrons. The number of anilines is 1. The Labute approximate surface area is 165 Å². The molecular formula is C20H27N5OS. The Bertz CT molecular complexity index is 851. The predicted octanol–water partition coefficient (Wildman–Crippen LogP) is 4.51. The second kappa shape index (κ2) is 7.10. The van der Waals surface area contributed by atoms with Crippen LogP contribution in [0, 0.1) is 6.57 Å². The van der Waals surface area contributed by atoms with Gasteiger partial charge in [0.05, 0.1) is 19.2 Å². The maximum absolute atomic E-state index is 7.16. The summed E-state index contributed by atoms with van der Waals surface area (Å²) >= 11 is 1.56. The van der Waals surface area contributed by atoms with Gasteiger partial charge in [-0.1, -0.05) is 23.5 Å². The van der Waals surface area contributed by atoms with Crippen LogP contribution >= 0.6 is 11.3 Å². The van der Waals surface area contributed by atoms with Gasteiger partial charge in [0.25, 0.3) is 0 Å². The minimum Gasteiger partial charge on any atom is -0.497 e. The molecule has 1 aromatic carbocycles. The van der Waals surface area contributed by atoms with Crippen LogP contribution in [-0.4, -0.2) is 41.5 Å². The molecule has 1 aromatic heterocycles. The van der Waals surface area contributed by atoms with Crippen LogP contribution in [0.3, 0.4) is 0 Å². The van der Waals surface area contributed by atoms with Gasteiger partial charge in [-0.15, -0.1) is 10.2 Å². The van der Waals surface area contributed by atoms with Crippen LogP contribution in [-0.2, 0) is 0 Å². The zero-order valence-corrected chi connectivity index (χ0v) is 17.6. The van der Waals surface area contributed by atoms with Crippen molar-refractivity contribution < 1.29 is 4.74 Å². The molecule has 1 aliphatic rings. The summed E-state index contributed by atoms with van der Waals surface area (Å²) in [5.74, 6) is 0.651. The van der Waals surface area contributed by atoms with Crippen molar-refractivity contribution in [1.82, 2.24) is 15.5 Å². The molecule has 0 radical (unpaired) electrons. The molecule has 2 heterocycles. The number of hydrogen-bond donors (Lipinski definition) is 1. The molecule has 7 heteroatoms. The summed E-state index contributed by atoms with van der Waals surface area (Å²) < 4.78 is 5.46. The van der Waals surface area contributed by atoms with Gasteiger partial charge in [-0.05, 0) is 46.6 Å². The monoisotopic (exact) mass is 385 g/mol. The van der Waals surface area contributed by atoms with Crippen LogP contribution in [0.15, 0.2) is 18.2 Å². The van der Waals surface area contributed by atoms with Crippen LogP contribution in [0.2, 0.25) is 0 Å². The Balaban J connectivity index is 1.87. The Morgan fingerprint density at radius 1 is 1.22 bits per heavy atom. The fourth-order valence-corrected chi connectivity index (χ4v) is 5.00. The van der Waals surface area contributed by atoms with E-state index in [0.29, 0.717) is 17.5 Å². The van der Waals surface area contributed by atoms with Crippen molar-refractivity contribution >= 4 is 22.2 Å². The first-order chi connectivity index (χ1) is 12.6. The molecule has 1 N–H and O–H groups in total. The van der Waals surface area contributed by atoms with Crippen molar-refractivity contribution in [3.05, 3.63) is 29.6 Å². The molecule has 0 amide bonds. The second-order valence-corrected chi connectivity index (χ2v) is 9.41. The lowest BCUT2D eigenvalue weighted by molar-refractivity contribution is 0.161. The van der Waals surface area contributed by atoms with Crippen LogP contribution < -0.4 is 15.0 Å². The lowest BCUT2D eigenvalue weighted by Gasteiger charge is -2.48. The summed E-state index contributed by atoms with van der Waals surface area (Å²) in [7, 11) is 3.71. The molecule has 0 saturated carbocycles. The first kappa shape index (κ1) is 19.6.